The van der Waals surface area contributed by atoms with Gasteiger partial charge in [0.15, 0.2) is 5.65 Å². The Bertz CT molecular complexity index is 1410. The Labute approximate surface area is 177 Å². The molecule has 8 heteroatoms. The van der Waals surface area contributed by atoms with Crippen molar-refractivity contribution < 1.29 is 10.2 Å². The highest BCUT2D eigenvalue weighted by Gasteiger charge is 2.14. The van der Waals surface area contributed by atoms with Gasteiger partial charge in [-0.25, -0.2) is 5.43 Å². The predicted molar refractivity (Wildman–Crippen MR) is 119 cm³/mol. The summed E-state index contributed by atoms with van der Waals surface area (Å²) in [5.74, 6) is 0.255. The van der Waals surface area contributed by atoms with Crippen LogP contribution >= 0.6 is 0 Å². The molecule has 8 nitrogen and oxygen atoms in total. The molecule has 0 saturated heterocycles. The lowest BCUT2D eigenvalue weighted by Crippen LogP contribution is -2.04. The van der Waals surface area contributed by atoms with Crippen molar-refractivity contribution in [1.82, 2.24) is 19.7 Å². The fourth-order valence-corrected chi connectivity index (χ4v) is 3.48. The molecular formula is C23H18N6O2. The van der Waals surface area contributed by atoms with Gasteiger partial charge in [0, 0.05) is 17.5 Å². The van der Waals surface area contributed by atoms with E-state index in [4.69, 9.17) is 0 Å². The summed E-state index contributed by atoms with van der Waals surface area (Å²) in [5, 5.41) is 33.0. The second-order valence-corrected chi connectivity index (χ2v) is 7.01. The van der Waals surface area contributed by atoms with Crippen LogP contribution in [0.5, 0.6) is 11.5 Å². The number of benzene rings is 3. The van der Waals surface area contributed by atoms with Crippen molar-refractivity contribution in [3.8, 4) is 11.5 Å². The van der Waals surface area contributed by atoms with Crippen LogP contribution < -0.4 is 5.43 Å². The summed E-state index contributed by atoms with van der Waals surface area (Å²) in [6.07, 6.45) is 1.38. The predicted octanol–water partition coefficient (Wildman–Crippen LogP) is 3.89. The minimum absolute atomic E-state index is 0.000771. The van der Waals surface area contributed by atoms with E-state index in [-0.39, 0.29) is 17.4 Å². The highest BCUT2D eigenvalue weighted by atomic mass is 16.3. The van der Waals surface area contributed by atoms with Crippen LogP contribution in [-0.2, 0) is 6.54 Å². The molecule has 0 amide bonds. The fraction of sp³-hybridized carbons (Fsp3) is 0.0435. The van der Waals surface area contributed by atoms with Gasteiger partial charge in [-0.15, -0.1) is 10.2 Å². The van der Waals surface area contributed by atoms with Gasteiger partial charge < -0.3 is 14.8 Å². The molecule has 0 aliphatic rings. The number of phenols is 2. The number of anilines is 1. The zero-order valence-electron chi connectivity index (χ0n) is 16.3. The SMILES string of the molecule is Oc1ccc(O)c(/C=N/Nc2nnc3c4ccccc4n(Cc4ccccc4)c3n2)c1. The Morgan fingerprint density at radius 1 is 0.935 bits per heavy atom. The molecule has 2 heterocycles. The van der Waals surface area contributed by atoms with Crippen molar-refractivity contribution in [1.29, 1.82) is 0 Å². The molecule has 5 rings (SSSR count). The first-order chi connectivity index (χ1) is 15.2. The van der Waals surface area contributed by atoms with Crippen LogP contribution in [-0.4, -0.2) is 36.2 Å². The molecule has 0 spiro atoms. The molecule has 2 aromatic heterocycles. The molecule has 3 N–H and O–H groups in total. The molecule has 0 saturated carbocycles. The number of aromatic hydroxyl groups is 2. The van der Waals surface area contributed by atoms with Crippen molar-refractivity contribution in [2.75, 3.05) is 5.43 Å². The highest BCUT2D eigenvalue weighted by Crippen LogP contribution is 2.27. The summed E-state index contributed by atoms with van der Waals surface area (Å²) in [6, 6.07) is 22.3. The van der Waals surface area contributed by atoms with E-state index in [9.17, 15) is 10.2 Å². The number of nitrogens with zero attached hydrogens (tertiary/aromatic N) is 5. The Hall–Kier alpha value is -4.46. The van der Waals surface area contributed by atoms with Crippen LogP contribution in [0.1, 0.15) is 11.1 Å². The van der Waals surface area contributed by atoms with Crippen LogP contribution in [0.3, 0.4) is 0 Å². The van der Waals surface area contributed by atoms with Gasteiger partial charge in [0.1, 0.15) is 17.0 Å². The van der Waals surface area contributed by atoms with Crippen molar-refractivity contribution in [3.63, 3.8) is 0 Å². The number of hydrazone groups is 1. The number of nitrogens with one attached hydrogen (secondary N) is 1. The Balaban J connectivity index is 1.52. The first-order valence-corrected chi connectivity index (χ1v) is 9.66. The van der Waals surface area contributed by atoms with Crippen LogP contribution in [0.15, 0.2) is 77.9 Å². The largest absolute Gasteiger partial charge is 0.508 e. The van der Waals surface area contributed by atoms with Crippen molar-refractivity contribution >= 4 is 34.2 Å². The van der Waals surface area contributed by atoms with Gasteiger partial charge in [-0.2, -0.15) is 10.1 Å². The molecule has 0 radical (unpaired) electrons. The number of hydrogen-bond donors (Lipinski definition) is 3. The van der Waals surface area contributed by atoms with Crippen LogP contribution in [0.2, 0.25) is 0 Å². The van der Waals surface area contributed by atoms with Gasteiger partial charge in [-0.05, 0) is 29.8 Å². The monoisotopic (exact) mass is 410 g/mol. The lowest BCUT2D eigenvalue weighted by atomic mass is 10.2. The summed E-state index contributed by atoms with van der Waals surface area (Å²) in [6.45, 7) is 0.642. The van der Waals surface area contributed by atoms with E-state index in [2.05, 4.69) is 42.4 Å². The highest BCUT2D eigenvalue weighted by molar-refractivity contribution is 6.04. The molecule has 0 bridgehead atoms. The summed E-state index contributed by atoms with van der Waals surface area (Å²) >= 11 is 0. The fourth-order valence-electron chi connectivity index (χ4n) is 3.48. The lowest BCUT2D eigenvalue weighted by molar-refractivity contribution is 0.459. The van der Waals surface area contributed by atoms with Crippen LogP contribution in [0.4, 0.5) is 5.95 Å². The topological polar surface area (TPSA) is 108 Å². The molecule has 0 aliphatic heterocycles. The Morgan fingerprint density at radius 3 is 2.61 bits per heavy atom. The third-order valence-electron chi connectivity index (χ3n) is 4.94. The molecule has 0 aliphatic carbocycles. The lowest BCUT2D eigenvalue weighted by Gasteiger charge is -2.07. The number of rotatable bonds is 5. The third kappa shape index (κ3) is 3.62. The van der Waals surface area contributed by atoms with E-state index >= 15 is 0 Å². The second-order valence-electron chi connectivity index (χ2n) is 7.01. The van der Waals surface area contributed by atoms with Crippen molar-refractivity contribution in [3.05, 3.63) is 83.9 Å². The molecule has 31 heavy (non-hydrogen) atoms. The number of para-hydroxylation sites is 1. The Morgan fingerprint density at radius 2 is 1.74 bits per heavy atom. The van der Waals surface area contributed by atoms with Gasteiger partial charge in [0.2, 0.25) is 0 Å². The van der Waals surface area contributed by atoms with Crippen molar-refractivity contribution in [2.45, 2.75) is 6.54 Å². The maximum absolute atomic E-state index is 9.85. The quantitative estimate of drug-likeness (QED) is 0.230. The van der Waals surface area contributed by atoms with E-state index in [0.29, 0.717) is 23.3 Å². The van der Waals surface area contributed by atoms with E-state index in [1.54, 1.807) is 0 Å². The molecule has 3 aromatic carbocycles. The van der Waals surface area contributed by atoms with E-state index < -0.39 is 0 Å². The van der Waals surface area contributed by atoms with Gasteiger partial charge in [-0.3, -0.25) is 0 Å². The van der Waals surface area contributed by atoms with Crippen LogP contribution in [0, 0.1) is 0 Å². The first-order valence-electron chi connectivity index (χ1n) is 9.66. The smallest absolute Gasteiger partial charge is 0.265 e. The summed E-state index contributed by atoms with van der Waals surface area (Å²) in [5.41, 5.74) is 6.68. The first kappa shape index (κ1) is 18.6. The zero-order valence-corrected chi connectivity index (χ0v) is 16.3. The molecule has 5 aromatic rings. The average molecular weight is 410 g/mol. The second kappa shape index (κ2) is 7.75. The standard InChI is InChI=1S/C23H18N6O2/c30-17-10-11-20(31)16(12-17)13-24-27-23-25-22-21(26-28-23)18-8-4-5-9-19(18)29(22)14-15-6-2-1-3-7-15/h1-13,30-31H,14H2,(H,25,27,28)/b24-13+. The van der Waals surface area contributed by atoms with Gasteiger partial charge in [-0.1, -0.05) is 48.5 Å². The molecule has 0 atom stereocenters. The summed E-state index contributed by atoms with van der Waals surface area (Å²) in [7, 11) is 0. The van der Waals surface area contributed by atoms with E-state index in [1.807, 2.05) is 42.5 Å². The average Bonchev–Trinajstić information content (AvgIpc) is 3.10. The summed E-state index contributed by atoms with van der Waals surface area (Å²) in [4.78, 5) is 4.63. The number of aromatic nitrogens is 4. The van der Waals surface area contributed by atoms with Gasteiger partial charge >= 0.3 is 0 Å². The van der Waals surface area contributed by atoms with Gasteiger partial charge in [0.25, 0.3) is 5.95 Å². The maximum Gasteiger partial charge on any atom is 0.265 e. The third-order valence-corrected chi connectivity index (χ3v) is 4.94. The molecule has 0 fully saturated rings. The Kier molecular flexibility index (Phi) is 4.64. The number of fused-ring (bicyclic) bond motifs is 3. The zero-order chi connectivity index (χ0) is 21.2. The van der Waals surface area contributed by atoms with Crippen LogP contribution in [0.25, 0.3) is 22.1 Å². The molecule has 0 unspecified atom stereocenters. The number of phenolic OH excluding ortho intramolecular Hbond substituents is 2. The van der Waals surface area contributed by atoms with Gasteiger partial charge in [0.05, 0.1) is 11.7 Å². The number of hydrogen-bond acceptors (Lipinski definition) is 7. The normalized spacial score (nSPS) is 11.5. The minimum atomic E-state index is 0.000771. The van der Waals surface area contributed by atoms with E-state index in [1.165, 1.54) is 24.4 Å². The summed E-state index contributed by atoms with van der Waals surface area (Å²) < 4.78 is 2.10. The van der Waals surface area contributed by atoms with Crippen molar-refractivity contribution in [2.24, 2.45) is 5.10 Å². The maximum atomic E-state index is 9.85. The molecule has 152 valence electrons. The van der Waals surface area contributed by atoms with E-state index in [0.717, 1.165) is 16.5 Å². The minimum Gasteiger partial charge on any atom is -0.508 e. The molecular weight excluding hydrogens is 392 g/mol.